The van der Waals surface area contributed by atoms with Gasteiger partial charge >= 0.3 is 5.97 Å². The fraction of sp³-hybridized carbons (Fsp3) is 0.800. The van der Waals surface area contributed by atoms with Crippen molar-refractivity contribution >= 4 is 30.0 Å². The molecule has 0 amide bonds. The molecular formula is C5H9Cl2NO2. The van der Waals surface area contributed by atoms with Crippen LogP contribution in [0.4, 0.5) is 0 Å². The van der Waals surface area contributed by atoms with Crippen LogP contribution < -0.4 is 5.73 Å². The predicted octanol–water partition coefficient (Wildman–Crippen LogP) is 0.591. The van der Waals surface area contributed by atoms with Crippen molar-refractivity contribution in [3.63, 3.8) is 0 Å². The lowest BCUT2D eigenvalue weighted by atomic mass is 9.77. The van der Waals surface area contributed by atoms with Gasteiger partial charge in [-0.05, 0) is 12.8 Å². The van der Waals surface area contributed by atoms with E-state index in [1.165, 1.54) is 0 Å². The summed E-state index contributed by atoms with van der Waals surface area (Å²) in [7, 11) is 0. The first kappa shape index (κ1) is 10.0. The second kappa shape index (κ2) is 2.95. The van der Waals surface area contributed by atoms with Crippen LogP contribution in [-0.4, -0.2) is 22.0 Å². The number of hydrogen-bond acceptors (Lipinski definition) is 2. The minimum atomic E-state index is -1.14. The summed E-state index contributed by atoms with van der Waals surface area (Å²) >= 11 is 5.55. The van der Waals surface area contributed by atoms with Crippen LogP contribution in [0.2, 0.25) is 0 Å². The highest BCUT2D eigenvalue weighted by molar-refractivity contribution is 6.24. The zero-order valence-electron chi connectivity index (χ0n) is 5.21. The average Bonchev–Trinajstić information content (AvgIpc) is 1.82. The molecule has 1 rings (SSSR count). The van der Waals surface area contributed by atoms with Gasteiger partial charge in [-0.15, -0.1) is 24.0 Å². The summed E-state index contributed by atoms with van der Waals surface area (Å²) in [5.41, 5.74) is 4.22. The van der Waals surface area contributed by atoms with Crippen LogP contribution in [0.15, 0.2) is 0 Å². The van der Waals surface area contributed by atoms with E-state index in [4.69, 9.17) is 22.4 Å². The van der Waals surface area contributed by atoms with E-state index in [1.54, 1.807) is 0 Å². The van der Waals surface area contributed by atoms with Crippen molar-refractivity contribution in [3.8, 4) is 0 Å². The van der Waals surface area contributed by atoms with Gasteiger partial charge < -0.3 is 10.8 Å². The Labute approximate surface area is 69.9 Å². The molecule has 2 atom stereocenters. The quantitative estimate of drug-likeness (QED) is 0.589. The number of carboxylic acids is 1. The third kappa shape index (κ3) is 1.21. The molecule has 1 saturated carbocycles. The van der Waals surface area contributed by atoms with Gasteiger partial charge in [-0.25, -0.2) is 0 Å². The highest BCUT2D eigenvalue weighted by Crippen LogP contribution is 2.34. The maximum absolute atomic E-state index is 10.3. The minimum Gasteiger partial charge on any atom is -0.480 e. The van der Waals surface area contributed by atoms with Crippen LogP contribution in [0.1, 0.15) is 12.8 Å². The van der Waals surface area contributed by atoms with Crippen LogP contribution in [0, 0.1) is 0 Å². The van der Waals surface area contributed by atoms with Gasteiger partial charge in [0.1, 0.15) is 5.54 Å². The summed E-state index contributed by atoms with van der Waals surface area (Å²) in [4.78, 5) is 10.3. The summed E-state index contributed by atoms with van der Waals surface area (Å²) in [6.45, 7) is 0. The molecule has 60 valence electrons. The van der Waals surface area contributed by atoms with E-state index in [-0.39, 0.29) is 17.8 Å². The first-order valence-corrected chi connectivity index (χ1v) is 3.17. The average molecular weight is 186 g/mol. The maximum atomic E-state index is 10.3. The van der Waals surface area contributed by atoms with Crippen LogP contribution >= 0.6 is 24.0 Å². The predicted molar refractivity (Wildman–Crippen MR) is 40.7 cm³/mol. The van der Waals surface area contributed by atoms with Gasteiger partial charge in [0.2, 0.25) is 0 Å². The molecule has 0 aliphatic heterocycles. The van der Waals surface area contributed by atoms with Crippen LogP contribution in [0.3, 0.4) is 0 Å². The lowest BCUT2D eigenvalue weighted by Crippen LogP contribution is -2.62. The van der Waals surface area contributed by atoms with Crippen molar-refractivity contribution < 1.29 is 9.90 Å². The number of hydrogen-bond donors (Lipinski definition) is 2. The van der Waals surface area contributed by atoms with Crippen LogP contribution in [0.5, 0.6) is 0 Å². The molecule has 0 saturated heterocycles. The summed E-state index contributed by atoms with van der Waals surface area (Å²) in [6, 6.07) is 0. The van der Waals surface area contributed by atoms with Gasteiger partial charge in [-0.1, -0.05) is 0 Å². The molecule has 0 aromatic heterocycles. The molecule has 0 heterocycles. The Kier molecular flexibility index (Phi) is 2.95. The van der Waals surface area contributed by atoms with Crippen molar-refractivity contribution in [2.75, 3.05) is 0 Å². The molecule has 3 N–H and O–H groups in total. The fourth-order valence-corrected chi connectivity index (χ4v) is 1.12. The van der Waals surface area contributed by atoms with E-state index in [2.05, 4.69) is 0 Å². The molecule has 1 fully saturated rings. The molecule has 1 aliphatic rings. The van der Waals surface area contributed by atoms with E-state index in [1.807, 2.05) is 0 Å². The van der Waals surface area contributed by atoms with Gasteiger partial charge in [0.25, 0.3) is 0 Å². The van der Waals surface area contributed by atoms with Gasteiger partial charge in [0.15, 0.2) is 0 Å². The molecule has 1 aliphatic carbocycles. The Bertz CT molecular complexity index is 153. The van der Waals surface area contributed by atoms with Crippen molar-refractivity contribution in [2.24, 2.45) is 5.73 Å². The van der Waals surface area contributed by atoms with E-state index in [9.17, 15) is 4.79 Å². The molecule has 0 radical (unpaired) electrons. The monoisotopic (exact) mass is 185 g/mol. The standard InChI is InChI=1S/C5H8ClNO2.ClH/c6-3-1-2-5(3,7)4(8)9;/h3H,1-2,7H2,(H,8,9);1H. The molecule has 0 aromatic rings. The number of aliphatic carboxylic acids is 1. The summed E-state index contributed by atoms with van der Waals surface area (Å²) in [5.74, 6) is -0.992. The zero-order valence-corrected chi connectivity index (χ0v) is 6.78. The SMILES string of the molecule is Cl.NC1(C(=O)O)CCC1Cl. The first-order chi connectivity index (χ1) is 4.07. The fourth-order valence-electron chi connectivity index (χ4n) is 0.805. The third-order valence-electron chi connectivity index (χ3n) is 1.77. The lowest BCUT2D eigenvalue weighted by Gasteiger charge is -2.38. The Morgan fingerprint density at radius 3 is 2.30 bits per heavy atom. The van der Waals surface area contributed by atoms with E-state index in [0.29, 0.717) is 12.8 Å². The summed E-state index contributed by atoms with van der Waals surface area (Å²) in [6.07, 6.45) is 1.21. The number of nitrogens with two attached hydrogens (primary N) is 1. The number of rotatable bonds is 1. The van der Waals surface area contributed by atoms with Crippen LogP contribution in [0.25, 0.3) is 0 Å². The molecule has 10 heavy (non-hydrogen) atoms. The number of alkyl halides is 1. The molecule has 3 nitrogen and oxygen atoms in total. The van der Waals surface area contributed by atoms with E-state index in [0.717, 1.165) is 0 Å². The van der Waals surface area contributed by atoms with Gasteiger partial charge in [-0.3, -0.25) is 4.79 Å². The molecule has 5 heteroatoms. The minimum absolute atomic E-state index is 0. The molecule has 0 bridgehead atoms. The van der Waals surface area contributed by atoms with E-state index < -0.39 is 11.5 Å². The second-order valence-electron chi connectivity index (χ2n) is 2.35. The Balaban J connectivity index is 0.000000810. The molecular weight excluding hydrogens is 177 g/mol. The number of carbonyl (C=O) groups is 1. The largest absolute Gasteiger partial charge is 0.480 e. The Morgan fingerprint density at radius 2 is 2.30 bits per heavy atom. The highest BCUT2D eigenvalue weighted by atomic mass is 35.5. The molecule has 0 aromatic carbocycles. The normalized spacial score (nSPS) is 37.6. The van der Waals surface area contributed by atoms with E-state index >= 15 is 0 Å². The third-order valence-corrected chi connectivity index (χ3v) is 2.38. The Morgan fingerprint density at radius 1 is 1.80 bits per heavy atom. The highest BCUT2D eigenvalue weighted by Gasteiger charge is 2.48. The number of halogens is 2. The van der Waals surface area contributed by atoms with Crippen molar-refractivity contribution in [3.05, 3.63) is 0 Å². The number of carboxylic acid groups (broad SMARTS) is 1. The topological polar surface area (TPSA) is 63.3 Å². The Hall–Kier alpha value is 0.01000. The summed E-state index contributed by atoms with van der Waals surface area (Å²) in [5, 5.41) is 8.07. The van der Waals surface area contributed by atoms with Crippen molar-refractivity contribution in [2.45, 2.75) is 23.8 Å². The lowest BCUT2D eigenvalue weighted by molar-refractivity contribution is -0.146. The van der Waals surface area contributed by atoms with Gasteiger partial charge in [-0.2, -0.15) is 0 Å². The van der Waals surface area contributed by atoms with Crippen molar-refractivity contribution in [1.82, 2.24) is 0 Å². The van der Waals surface area contributed by atoms with Crippen molar-refractivity contribution in [1.29, 1.82) is 0 Å². The van der Waals surface area contributed by atoms with Gasteiger partial charge in [0, 0.05) is 0 Å². The molecule has 0 spiro atoms. The second-order valence-corrected chi connectivity index (χ2v) is 2.88. The zero-order chi connectivity index (χ0) is 7.07. The van der Waals surface area contributed by atoms with Crippen LogP contribution in [-0.2, 0) is 4.79 Å². The maximum Gasteiger partial charge on any atom is 0.325 e. The smallest absolute Gasteiger partial charge is 0.325 e. The summed E-state index contributed by atoms with van der Waals surface area (Å²) < 4.78 is 0. The molecule has 2 unspecified atom stereocenters. The first-order valence-electron chi connectivity index (χ1n) is 2.74. The van der Waals surface area contributed by atoms with Gasteiger partial charge in [0.05, 0.1) is 5.38 Å².